The number of amides is 2. The Morgan fingerprint density at radius 1 is 1.32 bits per heavy atom. The Morgan fingerprint density at radius 3 is 2.63 bits per heavy atom. The van der Waals surface area contributed by atoms with E-state index >= 15 is 0 Å². The van der Waals surface area contributed by atoms with E-state index in [1.54, 1.807) is 4.90 Å². The zero-order valence-electron chi connectivity index (χ0n) is 12.0. The van der Waals surface area contributed by atoms with Gasteiger partial charge in [0.2, 0.25) is 11.8 Å². The average molecular weight is 267 g/mol. The monoisotopic (exact) mass is 267 g/mol. The first-order chi connectivity index (χ1) is 9.15. The van der Waals surface area contributed by atoms with Gasteiger partial charge in [-0.05, 0) is 39.2 Å². The Bertz CT molecular complexity index is 338. The molecule has 0 bridgehead atoms. The minimum atomic E-state index is -0.313. The molecule has 0 spiro atoms. The van der Waals surface area contributed by atoms with Crippen LogP contribution in [-0.4, -0.2) is 59.9 Å². The molecule has 2 atom stereocenters. The summed E-state index contributed by atoms with van der Waals surface area (Å²) in [6.07, 6.45) is 4.04. The molecule has 5 heteroatoms. The zero-order valence-corrected chi connectivity index (χ0v) is 12.0. The molecule has 0 aromatic carbocycles. The summed E-state index contributed by atoms with van der Waals surface area (Å²) in [4.78, 5) is 28.4. The normalized spacial score (nSPS) is 25.8. The van der Waals surface area contributed by atoms with Gasteiger partial charge in [0.05, 0.1) is 6.04 Å². The van der Waals surface area contributed by atoms with Gasteiger partial charge in [0.25, 0.3) is 0 Å². The number of likely N-dealkylation sites (tertiary alicyclic amines) is 2. The van der Waals surface area contributed by atoms with Crippen molar-refractivity contribution in [2.75, 3.05) is 26.2 Å². The van der Waals surface area contributed by atoms with Gasteiger partial charge in [-0.3, -0.25) is 9.59 Å². The van der Waals surface area contributed by atoms with Gasteiger partial charge in [0.1, 0.15) is 6.04 Å². The van der Waals surface area contributed by atoms with Gasteiger partial charge in [-0.1, -0.05) is 6.92 Å². The molecule has 2 fully saturated rings. The molecular weight excluding hydrogens is 242 g/mol. The van der Waals surface area contributed by atoms with Crippen molar-refractivity contribution in [2.24, 2.45) is 0 Å². The predicted molar refractivity (Wildman–Crippen MR) is 73.7 cm³/mol. The maximum Gasteiger partial charge on any atom is 0.245 e. The summed E-state index contributed by atoms with van der Waals surface area (Å²) in [5.41, 5.74) is 0. The smallest absolute Gasteiger partial charge is 0.245 e. The third-order valence-corrected chi connectivity index (χ3v) is 4.17. The molecule has 0 aliphatic carbocycles. The minimum Gasteiger partial charge on any atom is -0.341 e. The number of piperidine rings is 1. The van der Waals surface area contributed by atoms with E-state index in [1.165, 1.54) is 0 Å². The summed E-state index contributed by atoms with van der Waals surface area (Å²) in [5.74, 6) is 0.205. The summed E-state index contributed by atoms with van der Waals surface area (Å²) >= 11 is 0. The van der Waals surface area contributed by atoms with E-state index in [2.05, 4.69) is 5.32 Å². The fraction of sp³-hybridized carbons (Fsp3) is 0.857. The molecule has 2 heterocycles. The van der Waals surface area contributed by atoms with Crippen molar-refractivity contribution >= 4 is 11.8 Å². The lowest BCUT2D eigenvalue weighted by atomic mass is 10.0. The molecule has 19 heavy (non-hydrogen) atoms. The number of carbonyl (C=O) groups excluding carboxylic acids is 2. The summed E-state index contributed by atoms with van der Waals surface area (Å²) in [5, 5.41) is 3.21. The second-order valence-electron chi connectivity index (χ2n) is 5.49. The van der Waals surface area contributed by atoms with Gasteiger partial charge >= 0.3 is 0 Å². The van der Waals surface area contributed by atoms with Crippen LogP contribution in [0, 0.1) is 0 Å². The standard InChI is InChI=1S/C14H25N3O2/c1-3-15-12-7-6-10-17(14(12)19)11(2)13(18)16-8-4-5-9-16/h11-12,15H,3-10H2,1-2H3. The van der Waals surface area contributed by atoms with Crippen molar-refractivity contribution in [1.29, 1.82) is 0 Å². The molecule has 1 N–H and O–H groups in total. The lowest BCUT2D eigenvalue weighted by Gasteiger charge is -2.37. The Labute approximate surface area is 115 Å². The van der Waals surface area contributed by atoms with Crippen LogP contribution in [0.1, 0.15) is 39.5 Å². The van der Waals surface area contributed by atoms with Gasteiger partial charge in [0, 0.05) is 19.6 Å². The molecule has 0 saturated carbocycles. The lowest BCUT2D eigenvalue weighted by molar-refractivity contribution is -0.147. The number of carbonyl (C=O) groups is 2. The maximum atomic E-state index is 12.4. The fourth-order valence-electron chi connectivity index (χ4n) is 3.05. The number of rotatable bonds is 4. The SMILES string of the molecule is CCNC1CCCN(C(C)C(=O)N2CCCC2)C1=O. The van der Waals surface area contributed by atoms with E-state index in [1.807, 2.05) is 18.7 Å². The first-order valence-electron chi connectivity index (χ1n) is 7.47. The number of hydrogen-bond donors (Lipinski definition) is 1. The van der Waals surface area contributed by atoms with E-state index in [0.717, 1.165) is 45.3 Å². The summed E-state index contributed by atoms with van der Waals surface area (Å²) < 4.78 is 0. The number of nitrogens with zero attached hydrogens (tertiary/aromatic N) is 2. The van der Waals surface area contributed by atoms with Crippen LogP contribution in [0.25, 0.3) is 0 Å². The number of hydrogen-bond acceptors (Lipinski definition) is 3. The Balaban J connectivity index is 1.98. The Hall–Kier alpha value is -1.10. The van der Waals surface area contributed by atoms with Crippen molar-refractivity contribution in [3.63, 3.8) is 0 Å². The molecule has 0 aromatic heterocycles. The second-order valence-corrected chi connectivity index (χ2v) is 5.49. The molecule has 2 aliphatic rings. The quantitative estimate of drug-likeness (QED) is 0.811. The van der Waals surface area contributed by atoms with E-state index in [9.17, 15) is 9.59 Å². The fourth-order valence-corrected chi connectivity index (χ4v) is 3.05. The summed E-state index contributed by atoms with van der Waals surface area (Å²) in [7, 11) is 0. The van der Waals surface area contributed by atoms with Crippen LogP contribution in [0.4, 0.5) is 0 Å². The van der Waals surface area contributed by atoms with Crippen molar-refractivity contribution in [3.8, 4) is 0 Å². The molecule has 0 radical (unpaired) electrons. The molecule has 5 nitrogen and oxygen atoms in total. The highest BCUT2D eigenvalue weighted by molar-refractivity contribution is 5.90. The second kappa shape index (κ2) is 6.37. The molecule has 2 saturated heterocycles. The van der Waals surface area contributed by atoms with Crippen LogP contribution in [0.15, 0.2) is 0 Å². The van der Waals surface area contributed by atoms with Gasteiger partial charge in [0.15, 0.2) is 0 Å². The van der Waals surface area contributed by atoms with Crippen molar-refractivity contribution < 1.29 is 9.59 Å². The predicted octanol–water partition coefficient (Wildman–Crippen LogP) is 0.598. The molecular formula is C14H25N3O2. The van der Waals surface area contributed by atoms with E-state index < -0.39 is 0 Å². The Kier molecular flexibility index (Phi) is 4.80. The Morgan fingerprint density at radius 2 is 2.00 bits per heavy atom. The molecule has 108 valence electrons. The highest BCUT2D eigenvalue weighted by Crippen LogP contribution is 2.18. The molecule has 2 amide bonds. The summed E-state index contributed by atoms with van der Waals surface area (Å²) in [6, 6.07) is -0.417. The van der Waals surface area contributed by atoms with E-state index in [-0.39, 0.29) is 23.9 Å². The summed E-state index contributed by atoms with van der Waals surface area (Å²) in [6.45, 7) is 7.07. The molecule has 0 aromatic rings. The highest BCUT2D eigenvalue weighted by Gasteiger charge is 2.35. The van der Waals surface area contributed by atoms with Crippen LogP contribution in [-0.2, 0) is 9.59 Å². The average Bonchev–Trinajstić information content (AvgIpc) is 2.94. The number of likely N-dealkylation sites (N-methyl/N-ethyl adjacent to an activating group) is 1. The van der Waals surface area contributed by atoms with Gasteiger partial charge in [-0.2, -0.15) is 0 Å². The first kappa shape index (κ1) is 14.3. The van der Waals surface area contributed by atoms with Crippen LogP contribution < -0.4 is 5.32 Å². The zero-order chi connectivity index (χ0) is 13.8. The van der Waals surface area contributed by atoms with Crippen LogP contribution >= 0.6 is 0 Å². The van der Waals surface area contributed by atoms with Crippen LogP contribution in [0.5, 0.6) is 0 Å². The van der Waals surface area contributed by atoms with Gasteiger partial charge in [-0.25, -0.2) is 0 Å². The van der Waals surface area contributed by atoms with Crippen LogP contribution in [0.3, 0.4) is 0 Å². The largest absolute Gasteiger partial charge is 0.341 e. The van der Waals surface area contributed by atoms with Crippen molar-refractivity contribution in [3.05, 3.63) is 0 Å². The third kappa shape index (κ3) is 3.08. The maximum absolute atomic E-state index is 12.4. The van der Waals surface area contributed by atoms with Gasteiger partial charge in [-0.15, -0.1) is 0 Å². The molecule has 2 rings (SSSR count). The van der Waals surface area contributed by atoms with Gasteiger partial charge < -0.3 is 15.1 Å². The molecule has 2 aliphatic heterocycles. The van der Waals surface area contributed by atoms with E-state index in [0.29, 0.717) is 6.54 Å². The van der Waals surface area contributed by atoms with Crippen LogP contribution in [0.2, 0.25) is 0 Å². The topological polar surface area (TPSA) is 52.7 Å². The number of nitrogens with one attached hydrogen (secondary N) is 1. The highest BCUT2D eigenvalue weighted by atomic mass is 16.2. The first-order valence-corrected chi connectivity index (χ1v) is 7.47. The minimum absolute atomic E-state index is 0.0909. The lowest BCUT2D eigenvalue weighted by Crippen LogP contribution is -2.57. The third-order valence-electron chi connectivity index (χ3n) is 4.17. The van der Waals surface area contributed by atoms with E-state index in [4.69, 9.17) is 0 Å². The molecule has 2 unspecified atom stereocenters. The van der Waals surface area contributed by atoms with Crippen molar-refractivity contribution in [2.45, 2.75) is 51.6 Å². The van der Waals surface area contributed by atoms with Crippen molar-refractivity contribution in [1.82, 2.24) is 15.1 Å².